The summed E-state index contributed by atoms with van der Waals surface area (Å²) in [4.78, 5) is 13.3. The molecule has 17 heavy (non-hydrogen) atoms. The van der Waals surface area contributed by atoms with Gasteiger partial charge in [-0.2, -0.15) is 0 Å². The van der Waals surface area contributed by atoms with E-state index in [1.54, 1.807) is 11.3 Å². The van der Waals surface area contributed by atoms with Crippen LogP contribution in [0.2, 0.25) is 0 Å². The van der Waals surface area contributed by atoms with Crippen molar-refractivity contribution in [1.29, 1.82) is 0 Å². The van der Waals surface area contributed by atoms with Gasteiger partial charge >= 0.3 is 0 Å². The highest BCUT2D eigenvalue weighted by molar-refractivity contribution is 9.11. The molecule has 2 aromatic rings. The van der Waals surface area contributed by atoms with Gasteiger partial charge in [0.1, 0.15) is 0 Å². The first kappa shape index (κ1) is 13.0. The largest absolute Gasteiger partial charge is 0.294 e. The zero-order valence-corrected chi connectivity index (χ0v) is 12.9. The number of Topliss-reactive ketones (excluding diaryl/α,β-unsaturated/α-hetero) is 1. The second-order valence-electron chi connectivity index (χ2n) is 3.63. The Kier molecular flexibility index (Phi) is 4.54. The Morgan fingerprint density at radius 3 is 2.71 bits per heavy atom. The Labute approximate surface area is 121 Å². The van der Waals surface area contributed by atoms with E-state index in [0.717, 1.165) is 20.9 Å². The van der Waals surface area contributed by atoms with Gasteiger partial charge in [0.2, 0.25) is 0 Å². The third kappa shape index (κ3) is 3.50. The van der Waals surface area contributed by atoms with E-state index in [1.165, 1.54) is 4.88 Å². The van der Waals surface area contributed by atoms with E-state index in [-0.39, 0.29) is 5.78 Å². The normalized spacial score (nSPS) is 10.5. The molecule has 0 radical (unpaired) electrons. The van der Waals surface area contributed by atoms with Crippen LogP contribution in [0.4, 0.5) is 0 Å². The number of aryl methyl sites for hydroxylation is 1. The van der Waals surface area contributed by atoms with Crippen molar-refractivity contribution >= 4 is 49.0 Å². The minimum absolute atomic E-state index is 0.178. The lowest BCUT2D eigenvalue weighted by atomic mass is 10.1. The van der Waals surface area contributed by atoms with E-state index in [4.69, 9.17) is 0 Å². The van der Waals surface area contributed by atoms with Crippen molar-refractivity contribution in [3.63, 3.8) is 0 Å². The maximum atomic E-state index is 12.0. The molecule has 0 amide bonds. The van der Waals surface area contributed by atoms with E-state index in [2.05, 4.69) is 37.9 Å². The van der Waals surface area contributed by atoms with Gasteiger partial charge < -0.3 is 0 Å². The highest BCUT2D eigenvalue weighted by Gasteiger charge is 2.10. The van der Waals surface area contributed by atoms with Gasteiger partial charge in [0, 0.05) is 25.8 Å². The third-order valence-corrected chi connectivity index (χ3v) is 4.50. The van der Waals surface area contributed by atoms with Crippen LogP contribution in [-0.2, 0) is 6.42 Å². The van der Waals surface area contributed by atoms with Crippen LogP contribution >= 0.6 is 43.2 Å². The van der Waals surface area contributed by atoms with Crippen LogP contribution in [0.25, 0.3) is 0 Å². The smallest absolute Gasteiger partial charge is 0.164 e. The molecule has 0 aliphatic carbocycles. The van der Waals surface area contributed by atoms with E-state index in [9.17, 15) is 4.79 Å². The second kappa shape index (κ2) is 5.94. The number of hydrogen-bond donors (Lipinski definition) is 0. The summed E-state index contributed by atoms with van der Waals surface area (Å²) in [6.45, 7) is 0. The van der Waals surface area contributed by atoms with Crippen molar-refractivity contribution in [2.45, 2.75) is 12.8 Å². The third-order valence-electron chi connectivity index (χ3n) is 2.41. The van der Waals surface area contributed by atoms with E-state index in [1.807, 2.05) is 29.6 Å². The molecule has 0 spiro atoms. The number of halogens is 2. The molecule has 0 atom stereocenters. The maximum absolute atomic E-state index is 12.0. The molecular formula is C13H10Br2OS. The van der Waals surface area contributed by atoms with Crippen LogP contribution in [0.15, 0.2) is 44.7 Å². The minimum Gasteiger partial charge on any atom is -0.294 e. The molecule has 0 saturated heterocycles. The standard InChI is InChI=1S/C13H10Br2OS/c14-9-3-5-11(12(15)8-9)13(16)6-4-10-2-1-7-17-10/h1-3,5,7-8H,4,6H2. The summed E-state index contributed by atoms with van der Waals surface area (Å²) in [5.74, 6) is 0.178. The SMILES string of the molecule is O=C(CCc1cccs1)c1ccc(Br)cc1Br. The van der Waals surface area contributed by atoms with Crippen molar-refractivity contribution in [3.8, 4) is 0 Å². The zero-order chi connectivity index (χ0) is 12.3. The molecule has 1 aromatic heterocycles. The summed E-state index contributed by atoms with van der Waals surface area (Å²) < 4.78 is 1.82. The number of thiophene rings is 1. The number of rotatable bonds is 4. The first-order chi connectivity index (χ1) is 8.16. The van der Waals surface area contributed by atoms with Crippen LogP contribution in [0.5, 0.6) is 0 Å². The fourth-order valence-electron chi connectivity index (χ4n) is 1.54. The molecule has 0 saturated carbocycles. The first-order valence-corrected chi connectivity index (χ1v) is 7.64. The number of benzene rings is 1. The zero-order valence-electron chi connectivity index (χ0n) is 8.95. The number of hydrogen-bond acceptors (Lipinski definition) is 2. The predicted octanol–water partition coefficient (Wildman–Crippen LogP) is 5.09. The Balaban J connectivity index is 2.04. The van der Waals surface area contributed by atoms with E-state index in [0.29, 0.717) is 6.42 Å². The summed E-state index contributed by atoms with van der Waals surface area (Å²) in [7, 11) is 0. The van der Waals surface area contributed by atoms with Gasteiger partial charge in [0.05, 0.1) is 0 Å². The van der Waals surface area contributed by atoms with Crippen molar-refractivity contribution in [1.82, 2.24) is 0 Å². The lowest BCUT2D eigenvalue weighted by Gasteiger charge is -2.03. The highest BCUT2D eigenvalue weighted by atomic mass is 79.9. The Hall–Kier alpha value is -0.450. The molecule has 0 unspecified atom stereocenters. The maximum Gasteiger partial charge on any atom is 0.164 e. The quantitative estimate of drug-likeness (QED) is 0.682. The fourth-order valence-corrected chi connectivity index (χ4v) is 3.52. The first-order valence-electron chi connectivity index (χ1n) is 5.17. The van der Waals surface area contributed by atoms with Crippen molar-refractivity contribution < 1.29 is 4.79 Å². The van der Waals surface area contributed by atoms with Crippen LogP contribution in [0.3, 0.4) is 0 Å². The van der Waals surface area contributed by atoms with E-state index >= 15 is 0 Å². The molecule has 0 aliphatic heterocycles. The van der Waals surface area contributed by atoms with Gasteiger partial charge in [-0.25, -0.2) is 0 Å². The molecule has 0 bridgehead atoms. The molecule has 4 heteroatoms. The molecule has 1 aromatic carbocycles. The second-order valence-corrected chi connectivity index (χ2v) is 6.43. The Morgan fingerprint density at radius 2 is 2.06 bits per heavy atom. The number of carbonyl (C=O) groups excluding carboxylic acids is 1. The summed E-state index contributed by atoms with van der Waals surface area (Å²) >= 11 is 8.49. The van der Waals surface area contributed by atoms with Crippen LogP contribution in [0, 0.1) is 0 Å². The monoisotopic (exact) mass is 372 g/mol. The van der Waals surface area contributed by atoms with Crippen LogP contribution < -0.4 is 0 Å². The van der Waals surface area contributed by atoms with Crippen molar-refractivity contribution in [2.75, 3.05) is 0 Å². The summed E-state index contributed by atoms with van der Waals surface area (Å²) in [5.41, 5.74) is 0.754. The van der Waals surface area contributed by atoms with Crippen molar-refractivity contribution in [3.05, 3.63) is 55.1 Å². The number of carbonyl (C=O) groups is 1. The number of ketones is 1. The van der Waals surface area contributed by atoms with Gasteiger partial charge in [-0.1, -0.05) is 37.9 Å². The molecule has 2 rings (SSSR count). The summed E-state index contributed by atoms with van der Waals surface area (Å²) in [6, 6.07) is 9.72. The summed E-state index contributed by atoms with van der Waals surface area (Å²) in [6.07, 6.45) is 1.37. The van der Waals surface area contributed by atoms with Crippen LogP contribution in [-0.4, -0.2) is 5.78 Å². The van der Waals surface area contributed by atoms with Gasteiger partial charge in [-0.3, -0.25) is 4.79 Å². The molecule has 88 valence electrons. The Bertz CT molecular complexity index is 520. The highest BCUT2D eigenvalue weighted by Crippen LogP contribution is 2.23. The summed E-state index contributed by atoms with van der Waals surface area (Å²) in [5, 5.41) is 2.04. The lowest BCUT2D eigenvalue weighted by molar-refractivity contribution is 0.0982. The molecular weight excluding hydrogens is 364 g/mol. The van der Waals surface area contributed by atoms with Gasteiger partial charge in [-0.05, 0) is 36.1 Å². The average molecular weight is 374 g/mol. The predicted molar refractivity (Wildman–Crippen MR) is 78.8 cm³/mol. The van der Waals surface area contributed by atoms with Gasteiger partial charge in [0.25, 0.3) is 0 Å². The average Bonchev–Trinajstić information content (AvgIpc) is 2.78. The van der Waals surface area contributed by atoms with Crippen LogP contribution in [0.1, 0.15) is 21.7 Å². The molecule has 0 fully saturated rings. The van der Waals surface area contributed by atoms with Crippen molar-refractivity contribution in [2.24, 2.45) is 0 Å². The Morgan fingerprint density at radius 1 is 1.24 bits per heavy atom. The minimum atomic E-state index is 0.178. The van der Waals surface area contributed by atoms with Gasteiger partial charge in [0.15, 0.2) is 5.78 Å². The fraction of sp³-hybridized carbons (Fsp3) is 0.154. The lowest BCUT2D eigenvalue weighted by Crippen LogP contribution is -2.01. The molecule has 0 N–H and O–H groups in total. The molecule has 0 aliphatic rings. The molecule has 1 nitrogen and oxygen atoms in total. The van der Waals surface area contributed by atoms with Gasteiger partial charge in [-0.15, -0.1) is 11.3 Å². The van der Waals surface area contributed by atoms with E-state index < -0.39 is 0 Å². The topological polar surface area (TPSA) is 17.1 Å². The molecule has 1 heterocycles.